The summed E-state index contributed by atoms with van der Waals surface area (Å²) in [6.45, 7) is 0.254. The van der Waals surface area contributed by atoms with E-state index in [9.17, 15) is 8.42 Å². The third-order valence-corrected chi connectivity index (χ3v) is 4.61. The molecule has 2 rings (SSSR count). The van der Waals surface area contributed by atoms with Crippen molar-refractivity contribution < 1.29 is 17.9 Å². The smallest absolute Gasteiger partial charge is 0.175 e. The second-order valence-corrected chi connectivity index (χ2v) is 7.28. The molecule has 0 aliphatic heterocycles. The summed E-state index contributed by atoms with van der Waals surface area (Å²) in [7, 11) is -0.282. The molecule has 0 unspecified atom stereocenters. The molecular formula is C18H17N3O4S. The minimum absolute atomic E-state index is 0.0777. The Morgan fingerprint density at radius 2 is 1.88 bits per heavy atom. The predicted octanol–water partition coefficient (Wildman–Crippen LogP) is 2.98. The summed E-state index contributed by atoms with van der Waals surface area (Å²) >= 11 is 0. The fourth-order valence-corrected chi connectivity index (χ4v) is 2.76. The van der Waals surface area contributed by atoms with Crippen LogP contribution in [0.2, 0.25) is 0 Å². The maximum Gasteiger partial charge on any atom is 0.175 e. The number of nitrogens with zero attached hydrogens (tertiary/aromatic N) is 3. The number of hydrogen-bond acceptors (Lipinski definition) is 7. The summed E-state index contributed by atoms with van der Waals surface area (Å²) in [4.78, 5) is 8.14. The van der Waals surface area contributed by atoms with Crippen molar-refractivity contribution in [2.24, 2.45) is 9.98 Å². The lowest BCUT2D eigenvalue weighted by Gasteiger charge is -2.07. The Bertz CT molecular complexity index is 1020. The van der Waals surface area contributed by atoms with Crippen molar-refractivity contribution in [3.05, 3.63) is 47.5 Å². The van der Waals surface area contributed by atoms with E-state index in [2.05, 4.69) is 16.0 Å². The number of rotatable bonds is 6. The maximum absolute atomic E-state index is 11.6. The number of sulfone groups is 1. The summed E-state index contributed by atoms with van der Waals surface area (Å²) in [5.74, 6) is 1.28. The first-order valence-corrected chi connectivity index (χ1v) is 9.35. The van der Waals surface area contributed by atoms with Crippen LogP contribution in [0.1, 0.15) is 11.1 Å². The lowest BCUT2D eigenvalue weighted by Crippen LogP contribution is -1.96. The summed E-state index contributed by atoms with van der Waals surface area (Å²) in [5, 5.41) is 9.12. The van der Waals surface area contributed by atoms with E-state index < -0.39 is 9.84 Å². The molecule has 8 heteroatoms. The fourth-order valence-electron chi connectivity index (χ4n) is 2.12. The lowest BCUT2D eigenvalue weighted by molar-refractivity contribution is 0.391. The number of methoxy groups -OCH3 is 2. The molecule has 26 heavy (non-hydrogen) atoms. The standard InChI is InChI=1S/C18H17N3O4S/c1-24-15-6-4-14(18(8-15)25-2)11-20-12-21-17-9-16(26(3,22)23)7-5-13(17)10-19/h4-9H,11H2,1-3H3. The number of benzene rings is 2. The molecule has 0 fully saturated rings. The van der Waals surface area contributed by atoms with Crippen LogP contribution < -0.4 is 9.47 Å². The van der Waals surface area contributed by atoms with Gasteiger partial charge in [0.2, 0.25) is 0 Å². The van der Waals surface area contributed by atoms with Crippen LogP contribution in [-0.2, 0) is 16.4 Å². The zero-order chi connectivity index (χ0) is 19.2. The van der Waals surface area contributed by atoms with Gasteiger partial charge < -0.3 is 9.47 Å². The Kier molecular flexibility index (Phi) is 6.12. The Labute approximate surface area is 152 Å². The maximum atomic E-state index is 11.6. The summed E-state index contributed by atoms with van der Waals surface area (Å²) in [5.41, 5.74) is 1.24. The van der Waals surface area contributed by atoms with Crippen molar-refractivity contribution in [1.82, 2.24) is 0 Å². The van der Waals surface area contributed by atoms with E-state index in [1.54, 1.807) is 26.4 Å². The van der Waals surface area contributed by atoms with Crippen LogP contribution >= 0.6 is 0 Å². The van der Waals surface area contributed by atoms with Gasteiger partial charge in [-0.05, 0) is 30.3 Å². The molecule has 0 N–H and O–H groups in total. The average molecular weight is 371 g/mol. The van der Waals surface area contributed by atoms with Gasteiger partial charge >= 0.3 is 0 Å². The highest BCUT2D eigenvalue weighted by Crippen LogP contribution is 2.25. The van der Waals surface area contributed by atoms with E-state index in [1.807, 2.05) is 12.1 Å². The zero-order valence-electron chi connectivity index (χ0n) is 14.6. The molecule has 0 aromatic heterocycles. The van der Waals surface area contributed by atoms with Crippen molar-refractivity contribution >= 4 is 21.5 Å². The van der Waals surface area contributed by atoms with Crippen LogP contribution in [0.3, 0.4) is 0 Å². The van der Waals surface area contributed by atoms with E-state index in [0.29, 0.717) is 11.5 Å². The molecule has 0 saturated carbocycles. The molecule has 0 heterocycles. The first kappa shape index (κ1) is 19.2. The molecule has 2 aromatic rings. The second-order valence-electron chi connectivity index (χ2n) is 5.27. The fraction of sp³-hybridized carbons (Fsp3) is 0.222. The molecule has 0 spiro atoms. The van der Waals surface area contributed by atoms with E-state index >= 15 is 0 Å². The second kappa shape index (κ2) is 8.30. The monoisotopic (exact) mass is 371 g/mol. The lowest BCUT2D eigenvalue weighted by atomic mass is 10.2. The van der Waals surface area contributed by atoms with Gasteiger partial charge in [0.25, 0.3) is 0 Å². The van der Waals surface area contributed by atoms with Crippen LogP contribution in [-0.4, -0.2) is 34.9 Å². The summed E-state index contributed by atoms with van der Waals surface area (Å²) in [6, 6.07) is 13.9. The van der Waals surface area contributed by atoms with Gasteiger partial charge in [-0.3, -0.25) is 0 Å². The van der Waals surface area contributed by atoms with Crippen molar-refractivity contribution in [3.63, 3.8) is 0 Å². The van der Waals surface area contributed by atoms with E-state index in [4.69, 9.17) is 14.7 Å². The largest absolute Gasteiger partial charge is 0.497 e. The van der Waals surface area contributed by atoms with Gasteiger partial charge in [-0.15, -0.1) is 0 Å². The van der Waals surface area contributed by atoms with E-state index in [1.165, 1.54) is 18.2 Å². The minimum Gasteiger partial charge on any atom is -0.497 e. The van der Waals surface area contributed by atoms with Crippen molar-refractivity contribution in [2.75, 3.05) is 20.5 Å². The van der Waals surface area contributed by atoms with Gasteiger partial charge in [0.05, 0.1) is 42.9 Å². The summed E-state index contributed by atoms with van der Waals surface area (Å²) < 4.78 is 33.7. The third-order valence-electron chi connectivity index (χ3n) is 3.50. The first-order valence-electron chi connectivity index (χ1n) is 7.46. The molecule has 0 radical (unpaired) electrons. The molecule has 0 saturated heterocycles. The molecule has 0 aliphatic rings. The van der Waals surface area contributed by atoms with Gasteiger partial charge in [-0.2, -0.15) is 10.3 Å². The van der Waals surface area contributed by atoms with Gasteiger partial charge in [0.15, 0.2) is 9.84 Å². The Morgan fingerprint density at radius 3 is 2.50 bits per heavy atom. The van der Waals surface area contributed by atoms with Gasteiger partial charge in [-0.1, -0.05) is 0 Å². The molecule has 0 bridgehead atoms. The normalized spacial score (nSPS) is 10.4. The van der Waals surface area contributed by atoms with E-state index in [-0.39, 0.29) is 22.7 Å². The minimum atomic E-state index is -3.40. The van der Waals surface area contributed by atoms with Crippen LogP contribution in [0.15, 0.2) is 51.3 Å². The third kappa shape index (κ3) is 4.70. The highest BCUT2D eigenvalue weighted by Gasteiger charge is 2.10. The number of ether oxygens (including phenoxy) is 2. The molecule has 7 nitrogen and oxygen atoms in total. The number of hydrogen-bond donors (Lipinski definition) is 0. The molecule has 2 aromatic carbocycles. The zero-order valence-corrected chi connectivity index (χ0v) is 15.4. The Hall–Kier alpha value is -3.14. The van der Waals surface area contributed by atoms with Gasteiger partial charge in [0, 0.05) is 17.9 Å². The van der Waals surface area contributed by atoms with Gasteiger partial charge in [-0.25, -0.2) is 13.4 Å². The predicted molar refractivity (Wildman–Crippen MR) is 97.0 cm³/mol. The Balaban J connectivity index is 2.29. The summed E-state index contributed by atoms with van der Waals surface area (Å²) in [6.07, 6.45) is 1.09. The van der Waals surface area contributed by atoms with Crippen molar-refractivity contribution in [2.45, 2.75) is 11.4 Å². The van der Waals surface area contributed by atoms with Crippen molar-refractivity contribution in [3.8, 4) is 17.6 Å². The molecule has 0 aliphatic carbocycles. The topological polar surface area (TPSA) is 101 Å². The highest BCUT2D eigenvalue weighted by atomic mass is 32.2. The first-order chi connectivity index (χ1) is 12.4. The van der Waals surface area contributed by atoms with E-state index in [0.717, 1.165) is 11.8 Å². The SMILES string of the molecule is COc1ccc(CN=C=Nc2cc(S(C)(=O)=O)ccc2C#N)c(OC)c1. The van der Waals surface area contributed by atoms with Crippen LogP contribution in [0.4, 0.5) is 5.69 Å². The van der Waals surface area contributed by atoms with Crippen LogP contribution in [0.25, 0.3) is 0 Å². The van der Waals surface area contributed by atoms with Crippen molar-refractivity contribution in [1.29, 1.82) is 5.26 Å². The average Bonchev–Trinajstić information content (AvgIpc) is 2.64. The van der Waals surface area contributed by atoms with Crippen LogP contribution in [0.5, 0.6) is 11.5 Å². The molecule has 0 amide bonds. The molecule has 0 atom stereocenters. The molecule has 134 valence electrons. The van der Waals surface area contributed by atoms with Crippen LogP contribution in [0, 0.1) is 11.3 Å². The number of nitriles is 1. The quantitative estimate of drug-likeness (QED) is 0.727. The molecular weight excluding hydrogens is 354 g/mol. The highest BCUT2D eigenvalue weighted by molar-refractivity contribution is 7.90. The van der Waals surface area contributed by atoms with Gasteiger partial charge in [0.1, 0.15) is 17.6 Å². The Morgan fingerprint density at radius 1 is 1.12 bits per heavy atom. The number of aliphatic imine (C=N–C) groups is 2.